The molecule has 0 radical (unpaired) electrons. The maximum absolute atomic E-state index is 5.84. The average molecular weight is 303 g/mol. The van der Waals surface area contributed by atoms with Gasteiger partial charge in [0.2, 0.25) is 0 Å². The summed E-state index contributed by atoms with van der Waals surface area (Å²) in [5, 5.41) is 2.08. The molecule has 1 saturated carbocycles. The van der Waals surface area contributed by atoms with E-state index in [2.05, 4.69) is 40.6 Å². The molecule has 2 rings (SSSR count). The van der Waals surface area contributed by atoms with Gasteiger partial charge < -0.3 is 4.84 Å². The molecule has 0 bridgehead atoms. The molecule has 0 aromatic heterocycles. The van der Waals surface area contributed by atoms with Crippen LogP contribution in [0.25, 0.3) is 0 Å². The van der Waals surface area contributed by atoms with Crippen molar-refractivity contribution >= 4 is 22.6 Å². The molecule has 0 atom stereocenters. The standard InChI is InChI=1S/C11H14INO/c1-2-13(9-7-8-9)14-11-6-4-3-5-10(11)12/h3-6,9H,2,7-8H2,1H3. The van der Waals surface area contributed by atoms with E-state index in [0.29, 0.717) is 6.04 Å². The predicted octanol–water partition coefficient (Wildman–Crippen LogP) is 3.07. The summed E-state index contributed by atoms with van der Waals surface area (Å²) >= 11 is 2.30. The van der Waals surface area contributed by atoms with Crippen molar-refractivity contribution in [3.05, 3.63) is 27.8 Å². The van der Waals surface area contributed by atoms with Crippen molar-refractivity contribution in [2.24, 2.45) is 0 Å². The minimum atomic E-state index is 0.649. The number of halogens is 1. The predicted molar refractivity (Wildman–Crippen MR) is 65.2 cm³/mol. The van der Waals surface area contributed by atoms with Gasteiger partial charge in [0.25, 0.3) is 0 Å². The Kier molecular flexibility index (Phi) is 3.28. The van der Waals surface area contributed by atoms with Gasteiger partial charge in [-0.25, -0.2) is 0 Å². The highest BCUT2D eigenvalue weighted by Crippen LogP contribution is 2.29. The van der Waals surface area contributed by atoms with Crippen LogP contribution in [0.15, 0.2) is 24.3 Å². The van der Waals surface area contributed by atoms with Gasteiger partial charge >= 0.3 is 0 Å². The summed E-state index contributed by atoms with van der Waals surface area (Å²) in [4.78, 5) is 5.84. The number of benzene rings is 1. The summed E-state index contributed by atoms with van der Waals surface area (Å²) in [5.74, 6) is 0.974. The highest BCUT2D eigenvalue weighted by Gasteiger charge is 2.29. The molecule has 1 aromatic carbocycles. The summed E-state index contributed by atoms with van der Waals surface area (Å²) in [5.41, 5.74) is 0. The molecule has 0 heterocycles. The van der Waals surface area contributed by atoms with Crippen molar-refractivity contribution in [1.82, 2.24) is 5.06 Å². The largest absolute Gasteiger partial charge is 0.405 e. The fourth-order valence-electron chi connectivity index (χ4n) is 1.40. The SMILES string of the molecule is CCN(Oc1ccccc1I)C1CC1. The molecule has 2 nitrogen and oxygen atoms in total. The van der Waals surface area contributed by atoms with Crippen LogP contribution in [0.3, 0.4) is 0 Å². The Balaban J connectivity index is 2.04. The minimum absolute atomic E-state index is 0.649. The van der Waals surface area contributed by atoms with Crippen molar-refractivity contribution < 1.29 is 4.84 Å². The van der Waals surface area contributed by atoms with Crippen molar-refractivity contribution in [2.45, 2.75) is 25.8 Å². The van der Waals surface area contributed by atoms with E-state index in [1.54, 1.807) is 0 Å². The zero-order valence-corrected chi connectivity index (χ0v) is 10.4. The van der Waals surface area contributed by atoms with Gasteiger partial charge in [-0.2, -0.15) is 0 Å². The number of hydroxylamine groups is 2. The molecule has 3 heteroatoms. The number of rotatable bonds is 4. The number of para-hydroxylation sites is 1. The zero-order valence-electron chi connectivity index (χ0n) is 8.24. The third-order valence-electron chi connectivity index (χ3n) is 2.32. The molecule has 76 valence electrons. The van der Waals surface area contributed by atoms with E-state index in [1.165, 1.54) is 16.4 Å². The van der Waals surface area contributed by atoms with Crippen LogP contribution >= 0.6 is 22.6 Å². The van der Waals surface area contributed by atoms with Crippen molar-refractivity contribution in [3.8, 4) is 5.75 Å². The van der Waals surface area contributed by atoms with Gasteiger partial charge in [0.15, 0.2) is 5.75 Å². The molecule has 0 N–H and O–H groups in total. The lowest BCUT2D eigenvalue weighted by Gasteiger charge is -2.20. The van der Waals surface area contributed by atoms with Crippen molar-refractivity contribution in [3.63, 3.8) is 0 Å². The Morgan fingerprint density at radius 2 is 2.14 bits per heavy atom. The van der Waals surface area contributed by atoms with E-state index in [1.807, 2.05) is 18.2 Å². The Morgan fingerprint density at radius 1 is 1.43 bits per heavy atom. The minimum Gasteiger partial charge on any atom is -0.405 e. The smallest absolute Gasteiger partial charge is 0.160 e. The zero-order chi connectivity index (χ0) is 9.97. The number of hydrogen-bond donors (Lipinski definition) is 0. The Labute approximate surface area is 98.3 Å². The van der Waals surface area contributed by atoms with Crippen LogP contribution in [0.1, 0.15) is 19.8 Å². The van der Waals surface area contributed by atoms with E-state index in [4.69, 9.17) is 4.84 Å². The van der Waals surface area contributed by atoms with Crippen molar-refractivity contribution in [2.75, 3.05) is 6.54 Å². The molecule has 1 aliphatic carbocycles. The highest BCUT2D eigenvalue weighted by atomic mass is 127. The fourth-order valence-corrected chi connectivity index (χ4v) is 1.89. The molecule has 14 heavy (non-hydrogen) atoms. The molecule has 0 unspecified atom stereocenters. The lowest BCUT2D eigenvalue weighted by atomic mass is 10.3. The normalized spacial score (nSPS) is 15.9. The van der Waals surface area contributed by atoms with Crippen LogP contribution in [-0.2, 0) is 0 Å². The number of hydrogen-bond acceptors (Lipinski definition) is 2. The molecule has 1 aliphatic rings. The van der Waals surface area contributed by atoms with Crippen LogP contribution < -0.4 is 4.84 Å². The van der Waals surface area contributed by atoms with E-state index in [9.17, 15) is 0 Å². The first-order valence-corrected chi connectivity index (χ1v) is 6.08. The topological polar surface area (TPSA) is 12.5 Å². The average Bonchev–Trinajstić information content (AvgIpc) is 3.00. The van der Waals surface area contributed by atoms with Gasteiger partial charge in [-0.15, -0.1) is 5.06 Å². The van der Waals surface area contributed by atoms with Gasteiger partial charge in [0.1, 0.15) is 0 Å². The summed E-state index contributed by atoms with van der Waals surface area (Å²) in [6.45, 7) is 3.09. The van der Waals surface area contributed by atoms with Crippen LogP contribution in [0.5, 0.6) is 5.75 Å². The lowest BCUT2D eigenvalue weighted by molar-refractivity contribution is -0.0631. The molecule has 1 aromatic rings. The van der Waals surface area contributed by atoms with E-state index >= 15 is 0 Å². The van der Waals surface area contributed by atoms with E-state index < -0.39 is 0 Å². The van der Waals surface area contributed by atoms with Gasteiger partial charge in [-0.05, 0) is 54.5 Å². The molecule has 0 aliphatic heterocycles. The Morgan fingerprint density at radius 3 is 2.71 bits per heavy atom. The summed E-state index contributed by atoms with van der Waals surface area (Å²) < 4.78 is 1.17. The molecule has 0 saturated heterocycles. The first kappa shape index (κ1) is 10.2. The van der Waals surface area contributed by atoms with Crippen LogP contribution in [0.4, 0.5) is 0 Å². The Hall–Kier alpha value is -0.290. The van der Waals surface area contributed by atoms with E-state index in [-0.39, 0.29) is 0 Å². The van der Waals surface area contributed by atoms with Crippen LogP contribution in [-0.4, -0.2) is 17.6 Å². The van der Waals surface area contributed by atoms with Crippen LogP contribution in [0, 0.1) is 3.57 Å². The van der Waals surface area contributed by atoms with Gasteiger partial charge in [0.05, 0.1) is 3.57 Å². The summed E-state index contributed by atoms with van der Waals surface area (Å²) in [6.07, 6.45) is 2.55. The van der Waals surface area contributed by atoms with E-state index in [0.717, 1.165) is 12.3 Å². The molecular weight excluding hydrogens is 289 g/mol. The molecule has 0 spiro atoms. The number of nitrogens with zero attached hydrogens (tertiary/aromatic N) is 1. The Bertz CT molecular complexity index is 312. The van der Waals surface area contributed by atoms with Gasteiger partial charge in [-0.3, -0.25) is 0 Å². The van der Waals surface area contributed by atoms with Gasteiger partial charge in [-0.1, -0.05) is 12.1 Å². The van der Waals surface area contributed by atoms with Gasteiger partial charge in [0, 0.05) is 12.6 Å². The summed E-state index contributed by atoms with van der Waals surface area (Å²) in [7, 11) is 0. The monoisotopic (exact) mass is 303 g/mol. The molecular formula is C11H14INO. The lowest BCUT2D eigenvalue weighted by Crippen LogP contribution is -2.29. The maximum atomic E-state index is 5.84. The second-order valence-corrected chi connectivity index (χ2v) is 4.65. The maximum Gasteiger partial charge on any atom is 0.160 e. The summed E-state index contributed by atoms with van der Waals surface area (Å²) in [6, 6.07) is 8.78. The van der Waals surface area contributed by atoms with Crippen LogP contribution in [0.2, 0.25) is 0 Å². The molecule has 0 amide bonds. The first-order valence-electron chi connectivity index (χ1n) is 5.00. The second-order valence-electron chi connectivity index (χ2n) is 3.49. The third-order valence-corrected chi connectivity index (χ3v) is 3.21. The fraction of sp³-hybridized carbons (Fsp3) is 0.455. The molecule has 1 fully saturated rings. The first-order chi connectivity index (χ1) is 6.81. The third kappa shape index (κ3) is 2.39. The quantitative estimate of drug-likeness (QED) is 0.626. The van der Waals surface area contributed by atoms with Crippen molar-refractivity contribution in [1.29, 1.82) is 0 Å². The second kappa shape index (κ2) is 4.49. The highest BCUT2D eigenvalue weighted by molar-refractivity contribution is 14.1.